The number of likely N-dealkylation sites (tertiary alicyclic amines) is 1. The van der Waals surface area contributed by atoms with Crippen molar-refractivity contribution in [2.75, 3.05) is 26.2 Å². The first kappa shape index (κ1) is 17.6. The lowest BCUT2D eigenvalue weighted by Gasteiger charge is -2.31. The third-order valence-corrected chi connectivity index (χ3v) is 5.12. The Morgan fingerprint density at radius 2 is 2.04 bits per heavy atom. The second kappa shape index (κ2) is 7.78. The lowest BCUT2D eigenvalue weighted by molar-refractivity contribution is -0.905. The largest absolute Gasteiger partial charge is 0.338 e. The zero-order valence-electron chi connectivity index (χ0n) is 15.0. The van der Waals surface area contributed by atoms with Crippen molar-refractivity contribution in [3.05, 3.63) is 40.4 Å². The van der Waals surface area contributed by atoms with Crippen molar-refractivity contribution in [1.29, 1.82) is 0 Å². The Labute approximate surface area is 147 Å². The molecule has 1 aliphatic rings. The van der Waals surface area contributed by atoms with Crippen LogP contribution in [0.3, 0.4) is 0 Å². The first-order valence-electron chi connectivity index (χ1n) is 9.16. The average molecular weight is 343 g/mol. The number of carbonyl (C=O) groups is 1. The highest BCUT2D eigenvalue weighted by Crippen LogP contribution is 2.15. The summed E-state index contributed by atoms with van der Waals surface area (Å²) in [7, 11) is 0. The minimum absolute atomic E-state index is 0.118. The number of benzene rings is 1. The quantitative estimate of drug-likeness (QED) is 0.835. The van der Waals surface area contributed by atoms with Gasteiger partial charge in [0, 0.05) is 13.1 Å². The van der Waals surface area contributed by atoms with Gasteiger partial charge in [0.1, 0.15) is 6.54 Å². The number of likely N-dealkylation sites (N-methyl/N-ethyl adjacent to an activating group) is 1. The summed E-state index contributed by atoms with van der Waals surface area (Å²) in [6, 6.07) is 7.33. The van der Waals surface area contributed by atoms with Crippen molar-refractivity contribution < 1.29 is 9.69 Å². The van der Waals surface area contributed by atoms with Crippen molar-refractivity contribution in [1.82, 2.24) is 14.9 Å². The fourth-order valence-electron chi connectivity index (χ4n) is 3.35. The molecule has 1 aromatic heterocycles. The van der Waals surface area contributed by atoms with Gasteiger partial charge in [-0.3, -0.25) is 9.59 Å². The molecule has 6 heteroatoms. The number of amides is 1. The van der Waals surface area contributed by atoms with Gasteiger partial charge in [0.25, 0.3) is 11.5 Å². The molecule has 1 aliphatic heterocycles. The van der Waals surface area contributed by atoms with Crippen LogP contribution in [0.2, 0.25) is 0 Å². The van der Waals surface area contributed by atoms with Crippen molar-refractivity contribution >= 4 is 16.8 Å². The Morgan fingerprint density at radius 1 is 1.32 bits per heavy atom. The Balaban J connectivity index is 1.68. The molecule has 25 heavy (non-hydrogen) atoms. The van der Waals surface area contributed by atoms with Crippen LogP contribution in [0.1, 0.15) is 32.5 Å². The molecule has 1 aromatic carbocycles. The van der Waals surface area contributed by atoms with Crippen LogP contribution in [-0.4, -0.2) is 47.0 Å². The number of aromatic amines is 1. The normalized spacial score (nSPS) is 17.0. The predicted octanol–water partition coefficient (Wildman–Crippen LogP) is 0.586. The minimum Gasteiger partial charge on any atom is -0.338 e. The van der Waals surface area contributed by atoms with Gasteiger partial charge in [0.2, 0.25) is 0 Å². The highest BCUT2D eigenvalue weighted by molar-refractivity contribution is 5.77. The summed E-state index contributed by atoms with van der Waals surface area (Å²) in [6.45, 7) is 7.83. The molecule has 1 amide bonds. The van der Waals surface area contributed by atoms with E-state index in [1.807, 2.05) is 23.1 Å². The summed E-state index contributed by atoms with van der Waals surface area (Å²) in [4.78, 5) is 35.3. The van der Waals surface area contributed by atoms with E-state index in [2.05, 4.69) is 23.8 Å². The number of hydrogen-bond acceptors (Lipinski definition) is 3. The van der Waals surface area contributed by atoms with Gasteiger partial charge in [0.05, 0.1) is 17.4 Å². The van der Waals surface area contributed by atoms with Crippen LogP contribution >= 0.6 is 0 Å². The second-order valence-corrected chi connectivity index (χ2v) is 7.05. The molecule has 2 aromatic rings. The molecule has 0 radical (unpaired) electrons. The summed E-state index contributed by atoms with van der Waals surface area (Å²) in [5, 5.41) is 0.600. The number of nitrogens with one attached hydrogen (secondary N) is 2. The molecule has 1 unspecified atom stereocenters. The molecule has 2 N–H and O–H groups in total. The van der Waals surface area contributed by atoms with E-state index in [0.717, 1.165) is 37.4 Å². The number of quaternary nitrogens is 1. The molecule has 1 fully saturated rings. The Hall–Kier alpha value is -2.21. The van der Waals surface area contributed by atoms with Crippen LogP contribution in [0.4, 0.5) is 0 Å². The summed E-state index contributed by atoms with van der Waals surface area (Å²) in [6.07, 6.45) is 2.18. The number of rotatable bonds is 5. The maximum Gasteiger partial charge on any atom is 0.277 e. The highest BCUT2D eigenvalue weighted by Gasteiger charge is 2.24. The number of carbonyl (C=O) groups excluding carboxylic acids is 1. The maximum absolute atomic E-state index is 12.6. The van der Waals surface area contributed by atoms with Gasteiger partial charge in [-0.2, -0.15) is 0 Å². The summed E-state index contributed by atoms with van der Waals surface area (Å²) < 4.78 is 0. The molecule has 6 nitrogen and oxygen atoms in total. The van der Waals surface area contributed by atoms with Crippen molar-refractivity contribution in [3.8, 4) is 0 Å². The Morgan fingerprint density at radius 3 is 2.76 bits per heavy atom. The van der Waals surface area contributed by atoms with Gasteiger partial charge in [-0.1, -0.05) is 19.1 Å². The van der Waals surface area contributed by atoms with E-state index < -0.39 is 0 Å². The minimum atomic E-state index is -0.118. The molecule has 0 spiro atoms. The van der Waals surface area contributed by atoms with E-state index in [4.69, 9.17) is 0 Å². The molecular formula is C19H27N4O2+. The fourth-order valence-corrected chi connectivity index (χ4v) is 3.35. The van der Waals surface area contributed by atoms with E-state index in [1.54, 1.807) is 6.07 Å². The molecule has 0 saturated carbocycles. The third-order valence-electron chi connectivity index (χ3n) is 5.12. The number of piperidine rings is 1. The van der Waals surface area contributed by atoms with E-state index in [1.165, 1.54) is 0 Å². The number of H-pyrrole nitrogens is 1. The fraction of sp³-hybridized carbons (Fsp3) is 0.526. The van der Waals surface area contributed by atoms with Crippen molar-refractivity contribution in [2.24, 2.45) is 5.92 Å². The number of fused-ring (bicyclic) bond motifs is 1. The zero-order chi connectivity index (χ0) is 17.8. The molecule has 3 rings (SSSR count). The highest BCUT2D eigenvalue weighted by atomic mass is 16.2. The molecule has 1 atom stereocenters. The first-order chi connectivity index (χ1) is 12.1. The van der Waals surface area contributed by atoms with E-state index in [0.29, 0.717) is 35.7 Å². The predicted molar refractivity (Wildman–Crippen MR) is 97.4 cm³/mol. The van der Waals surface area contributed by atoms with Crippen LogP contribution in [-0.2, 0) is 11.3 Å². The summed E-state index contributed by atoms with van der Waals surface area (Å²) in [5.74, 6) is 1.55. The monoisotopic (exact) mass is 343 g/mol. The summed E-state index contributed by atoms with van der Waals surface area (Å²) in [5.41, 5.74) is 0.584. The van der Waals surface area contributed by atoms with Gasteiger partial charge in [-0.15, -0.1) is 0 Å². The molecule has 0 aliphatic carbocycles. The second-order valence-electron chi connectivity index (χ2n) is 7.05. The maximum atomic E-state index is 12.6. The lowest BCUT2D eigenvalue weighted by Crippen LogP contribution is -3.11. The molecule has 1 saturated heterocycles. The SMILES string of the molecule is CC[NH+](CC(=O)N1CCC(C)CC1)Cc1nc2ccccc2c(=O)[nH]1. The van der Waals surface area contributed by atoms with Crippen LogP contribution in [0.5, 0.6) is 0 Å². The number of aromatic nitrogens is 2. The third kappa shape index (κ3) is 4.25. The molecular weight excluding hydrogens is 316 g/mol. The molecule has 0 bridgehead atoms. The zero-order valence-corrected chi connectivity index (χ0v) is 15.0. The topological polar surface area (TPSA) is 70.5 Å². The van der Waals surface area contributed by atoms with E-state index >= 15 is 0 Å². The Kier molecular flexibility index (Phi) is 5.48. The molecule has 2 heterocycles. The smallest absolute Gasteiger partial charge is 0.277 e. The Bertz CT molecular complexity index is 793. The van der Waals surface area contributed by atoms with E-state index in [-0.39, 0.29) is 11.5 Å². The number of hydrogen-bond donors (Lipinski definition) is 2. The summed E-state index contributed by atoms with van der Waals surface area (Å²) >= 11 is 0. The van der Waals surface area contributed by atoms with Crippen molar-refractivity contribution in [2.45, 2.75) is 33.2 Å². The van der Waals surface area contributed by atoms with Gasteiger partial charge < -0.3 is 14.8 Å². The van der Waals surface area contributed by atoms with Crippen LogP contribution in [0, 0.1) is 5.92 Å². The number of para-hydroxylation sites is 1. The lowest BCUT2D eigenvalue weighted by atomic mass is 9.99. The van der Waals surface area contributed by atoms with Gasteiger partial charge in [-0.25, -0.2) is 4.98 Å². The van der Waals surface area contributed by atoms with E-state index in [9.17, 15) is 9.59 Å². The van der Waals surface area contributed by atoms with Crippen LogP contribution in [0.15, 0.2) is 29.1 Å². The van der Waals surface area contributed by atoms with Crippen LogP contribution < -0.4 is 10.5 Å². The number of nitrogens with zero attached hydrogens (tertiary/aromatic N) is 2. The molecule has 134 valence electrons. The van der Waals surface area contributed by atoms with Gasteiger partial charge in [0.15, 0.2) is 12.4 Å². The average Bonchev–Trinajstić information content (AvgIpc) is 2.61. The first-order valence-corrected chi connectivity index (χ1v) is 9.16. The standard InChI is InChI=1S/C19H26N4O2/c1-3-22(13-18(24)23-10-8-14(2)9-11-23)12-17-20-16-7-5-4-6-15(16)19(25)21-17/h4-7,14H,3,8-13H2,1-2H3,(H,20,21,25)/p+1. The van der Waals surface area contributed by atoms with Crippen LogP contribution in [0.25, 0.3) is 10.9 Å². The van der Waals surface area contributed by atoms with Crippen molar-refractivity contribution in [3.63, 3.8) is 0 Å². The van der Waals surface area contributed by atoms with Gasteiger partial charge in [-0.05, 0) is 37.8 Å². The van der Waals surface area contributed by atoms with Gasteiger partial charge >= 0.3 is 0 Å².